The van der Waals surface area contributed by atoms with Gasteiger partial charge in [0.2, 0.25) is 5.91 Å². The van der Waals surface area contributed by atoms with Crippen molar-refractivity contribution in [2.24, 2.45) is 0 Å². The lowest BCUT2D eigenvalue weighted by molar-refractivity contribution is -0.116. The van der Waals surface area contributed by atoms with Gasteiger partial charge in [0, 0.05) is 11.1 Å². The predicted octanol–water partition coefficient (Wildman–Crippen LogP) is 1.99. The second-order valence-electron chi connectivity index (χ2n) is 4.35. The molecule has 0 aliphatic heterocycles. The van der Waals surface area contributed by atoms with Crippen molar-refractivity contribution < 1.29 is 14.3 Å². The number of thiophene rings is 1. The average Bonchev–Trinajstić information content (AvgIpc) is 2.94. The van der Waals surface area contributed by atoms with Gasteiger partial charge >= 0.3 is 5.97 Å². The van der Waals surface area contributed by atoms with Gasteiger partial charge in [-0.15, -0.1) is 11.3 Å². The van der Waals surface area contributed by atoms with E-state index in [1.54, 1.807) is 23.1 Å². The molecule has 0 saturated carbocycles. The highest BCUT2D eigenvalue weighted by molar-refractivity contribution is 7.16. The summed E-state index contributed by atoms with van der Waals surface area (Å²) in [5.74, 6) is -0.695. The first-order valence-corrected chi connectivity index (χ1v) is 6.79. The van der Waals surface area contributed by atoms with Gasteiger partial charge in [0.15, 0.2) is 0 Å². The molecule has 6 nitrogen and oxygen atoms in total. The molecule has 1 amide bonds. The van der Waals surface area contributed by atoms with E-state index in [-0.39, 0.29) is 12.5 Å². The lowest BCUT2D eigenvalue weighted by atomic mass is 10.3. The summed E-state index contributed by atoms with van der Waals surface area (Å²) in [6.07, 6.45) is 3.46. The van der Waals surface area contributed by atoms with Crippen LogP contribution in [0.5, 0.6) is 0 Å². The van der Waals surface area contributed by atoms with Crippen LogP contribution in [0.1, 0.15) is 20.8 Å². The highest BCUT2D eigenvalue weighted by atomic mass is 32.1. The van der Waals surface area contributed by atoms with Crippen molar-refractivity contribution >= 4 is 28.2 Å². The van der Waals surface area contributed by atoms with Crippen LogP contribution < -0.4 is 5.32 Å². The number of aryl methyl sites for hydroxylation is 2. The summed E-state index contributed by atoms with van der Waals surface area (Å²) < 4.78 is 6.24. The van der Waals surface area contributed by atoms with Crippen molar-refractivity contribution in [1.82, 2.24) is 9.78 Å². The molecule has 106 valence electrons. The van der Waals surface area contributed by atoms with Crippen LogP contribution in [0.25, 0.3) is 0 Å². The molecule has 0 saturated heterocycles. The van der Waals surface area contributed by atoms with Gasteiger partial charge in [0.25, 0.3) is 0 Å². The Morgan fingerprint density at radius 2 is 2.20 bits per heavy atom. The predicted molar refractivity (Wildman–Crippen MR) is 76.0 cm³/mol. The number of rotatable bonds is 4. The number of aromatic nitrogens is 2. The largest absolute Gasteiger partial charge is 0.465 e. The Balaban J connectivity index is 2.09. The molecule has 0 radical (unpaired) electrons. The van der Waals surface area contributed by atoms with E-state index < -0.39 is 5.97 Å². The molecular formula is C13H15N3O3S. The molecule has 0 unspecified atom stereocenters. The third kappa shape index (κ3) is 3.24. The fraction of sp³-hybridized carbons (Fsp3) is 0.308. The van der Waals surface area contributed by atoms with Crippen molar-refractivity contribution in [3.63, 3.8) is 0 Å². The molecule has 2 heterocycles. The van der Waals surface area contributed by atoms with E-state index >= 15 is 0 Å². The maximum absolute atomic E-state index is 11.9. The molecule has 2 aromatic heterocycles. The lowest BCUT2D eigenvalue weighted by Crippen LogP contribution is -2.19. The Morgan fingerprint density at radius 3 is 2.80 bits per heavy atom. The van der Waals surface area contributed by atoms with Crippen molar-refractivity contribution in [2.75, 3.05) is 12.4 Å². The molecule has 0 atom stereocenters. The molecule has 0 aliphatic carbocycles. The molecule has 0 spiro atoms. The van der Waals surface area contributed by atoms with Gasteiger partial charge in [-0.1, -0.05) is 0 Å². The number of carbonyl (C=O) groups excluding carboxylic acids is 2. The number of nitrogens with one attached hydrogen (secondary N) is 1. The molecule has 0 fully saturated rings. The van der Waals surface area contributed by atoms with Crippen LogP contribution in [0.15, 0.2) is 18.5 Å². The molecular weight excluding hydrogens is 278 g/mol. The van der Waals surface area contributed by atoms with Crippen molar-refractivity contribution in [3.8, 4) is 0 Å². The molecule has 1 N–H and O–H groups in total. The van der Waals surface area contributed by atoms with Gasteiger partial charge in [0.05, 0.1) is 18.9 Å². The minimum Gasteiger partial charge on any atom is -0.465 e. The summed E-state index contributed by atoms with van der Waals surface area (Å²) in [5.41, 5.74) is 1.36. The molecule has 2 rings (SSSR count). The number of carbonyl (C=O) groups is 2. The van der Waals surface area contributed by atoms with Gasteiger partial charge in [-0.3, -0.25) is 9.48 Å². The number of amides is 1. The minimum absolute atomic E-state index is 0.103. The molecule has 20 heavy (non-hydrogen) atoms. The first-order chi connectivity index (χ1) is 9.49. The SMILES string of the molecule is COC(=O)c1cc(C)sc1NC(=O)Cn1cc(C)cn1. The highest BCUT2D eigenvalue weighted by Crippen LogP contribution is 2.28. The lowest BCUT2D eigenvalue weighted by Gasteiger charge is -2.05. The molecule has 7 heteroatoms. The standard InChI is InChI=1S/C13H15N3O3S/c1-8-5-14-16(6-8)7-11(17)15-12-10(13(18)19-3)4-9(2)20-12/h4-6H,7H2,1-3H3,(H,15,17). The van der Waals surface area contributed by atoms with Crippen LogP contribution in [0.2, 0.25) is 0 Å². The van der Waals surface area contributed by atoms with E-state index in [0.717, 1.165) is 10.4 Å². The van der Waals surface area contributed by atoms with Crippen molar-refractivity contribution in [3.05, 3.63) is 34.5 Å². The summed E-state index contributed by atoms with van der Waals surface area (Å²) in [6.45, 7) is 3.87. The average molecular weight is 293 g/mol. The number of esters is 1. The van der Waals surface area contributed by atoms with Crippen molar-refractivity contribution in [1.29, 1.82) is 0 Å². The van der Waals surface area contributed by atoms with E-state index in [4.69, 9.17) is 4.74 Å². The number of anilines is 1. The quantitative estimate of drug-likeness (QED) is 0.875. The van der Waals surface area contributed by atoms with Gasteiger partial charge in [-0.05, 0) is 25.5 Å². The number of hydrogen-bond donors (Lipinski definition) is 1. The topological polar surface area (TPSA) is 73.2 Å². The van der Waals surface area contributed by atoms with Gasteiger partial charge < -0.3 is 10.1 Å². The summed E-state index contributed by atoms with van der Waals surface area (Å²) in [4.78, 5) is 24.5. The van der Waals surface area contributed by atoms with Gasteiger partial charge in [-0.2, -0.15) is 5.10 Å². The van der Waals surface area contributed by atoms with E-state index in [0.29, 0.717) is 10.6 Å². The maximum atomic E-state index is 11.9. The van der Waals surface area contributed by atoms with Gasteiger partial charge in [0.1, 0.15) is 11.5 Å². The Morgan fingerprint density at radius 1 is 1.45 bits per heavy atom. The fourth-order valence-corrected chi connectivity index (χ4v) is 2.65. The summed E-state index contributed by atoms with van der Waals surface area (Å²) >= 11 is 1.34. The Hall–Kier alpha value is -2.15. The van der Waals surface area contributed by atoms with Crippen LogP contribution in [-0.4, -0.2) is 28.8 Å². The fourth-order valence-electron chi connectivity index (χ4n) is 1.74. The molecule has 0 aliphatic rings. The summed E-state index contributed by atoms with van der Waals surface area (Å²) in [7, 11) is 1.31. The minimum atomic E-state index is -0.459. The van der Waals surface area contributed by atoms with Crippen LogP contribution in [0.3, 0.4) is 0 Å². The second kappa shape index (κ2) is 5.87. The third-order valence-corrected chi connectivity index (χ3v) is 3.55. The zero-order chi connectivity index (χ0) is 14.7. The molecule has 2 aromatic rings. The first kappa shape index (κ1) is 14.3. The number of hydrogen-bond acceptors (Lipinski definition) is 5. The van der Waals surface area contributed by atoms with Crippen LogP contribution in [0, 0.1) is 13.8 Å². The van der Waals surface area contributed by atoms with E-state index in [1.807, 2.05) is 13.8 Å². The first-order valence-electron chi connectivity index (χ1n) is 5.97. The smallest absolute Gasteiger partial charge is 0.340 e. The normalized spacial score (nSPS) is 10.3. The molecule has 0 bridgehead atoms. The Bertz CT molecular complexity index is 645. The summed E-state index contributed by atoms with van der Waals surface area (Å²) in [6, 6.07) is 1.70. The van der Waals surface area contributed by atoms with Crippen LogP contribution in [0.4, 0.5) is 5.00 Å². The summed E-state index contributed by atoms with van der Waals surface area (Å²) in [5, 5.41) is 7.27. The number of nitrogens with zero attached hydrogens (tertiary/aromatic N) is 2. The number of methoxy groups -OCH3 is 1. The Labute approximate surface area is 120 Å². The number of ether oxygens (including phenoxy) is 1. The monoisotopic (exact) mass is 293 g/mol. The zero-order valence-corrected chi connectivity index (χ0v) is 12.3. The molecule has 0 aromatic carbocycles. The van der Waals surface area contributed by atoms with Crippen LogP contribution >= 0.6 is 11.3 Å². The van der Waals surface area contributed by atoms with Crippen LogP contribution in [-0.2, 0) is 16.1 Å². The third-order valence-electron chi connectivity index (χ3n) is 2.58. The van der Waals surface area contributed by atoms with Crippen molar-refractivity contribution in [2.45, 2.75) is 20.4 Å². The highest BCUT2D eigenvalue weighted by Gasteiger charge is 2.17. The van der Waals surface area contributed by atoms with E-state index in [1.165, 1.54) is 18.4 Å². The zero-order valence-electron chi connectivity index (χ0n) is 11.5. The second-order valence-corrected chi connectivity index (χ2v) is 5.61. The van der Waals surface area contributed by atoms with E-state index in [2.05, 4.69) is 10.4 Å². The Kier molecular flexibility index (Phi) is 4.19. The maximum Gasteiger partial charge on any atom is 0.340 e. The van der Waals surface area contributed by atoms with E-state index in [9.17, 15) is 9.59 Å². The van der Waals surface area contributed by atoms with Gasteiger partial charge in [-0.25, -0.2) is 4.79 Å².